The highest BCUT2D eigenvalue weighted by molar-refractivity contribution is 7.14. The Morgan fingerprint density at radius 3 is 2.76 bits per heavy atom. The van der Waals surface area contributed by atoms with Crippen molar-refractivity contribution in [2.24, 2.45) is 0 Å². The van der Waals surface area contributed by atoms with E-state index in [1.54, 1.807) is 6.08 Å². The smallest absolute Gasteiger partial charge is 0.328 e. The summed E-state index contributed by atoms with van der Waals surface area (Å²) in [4.78, 5) is 26.5. The maximum atomic E-state index is 10.9. The Labute approximate surface area is 129 Å². The molecule has 2 rings (SSSR count). The Bertz CT molecular complexity index is 713. The number of aromatic nitrogens is 1. The van der Waals surface area contributed by atoms with Crippen molar-refractivity contribution >= 4 is 57.9 Å². The minimum atomic E-state index is -0.964. The molecule has 0 bridgehead atoms. The van der Waals surface area contributed by atoms with Gasteiger partial charge in [-0.05, 0) is 29.2 Å². The highest BCUT2D eigenvalue weighted by atomic mass is 32.1. The van der Waals surface area contributed by atoms with Crippen LogP contribution in [0.15, 0.2) is 22.9 Å². The number of nitrogens with one attached hydrogen (secondary N) is 1. The second kappa shape index (κ2) is 6.96. The lowest BCUT2D eigenvalue weighted by molar-refractivity contribution is -0.131. The molecule has 0 aliphatic carbocycles. The van der Waals surface area contributed by atoms with Crippen molar-refractivity contribution in [3.8, 4) is 0 Å². The van der Waals surface area contributed by atoms with E-state index in [-0.39, 0.29) is 5.91 Å². The van der Waals surface area contributed by atoms with Crippen molar-refractivity contribution in [1.29, 1.82) is 0 Å². The van der Waals surface area contributed by atoms with Crippen molar-refractivity contribution in [2.45, 2.75) is 6.92 Å². The maximum Gasteiger partial charge on any atom is 0.328 e. The van der Waals surface area contributed by atoms with Crippen LogP contribution in [0.25, 0.3) is 18.2 Å². The Hall–Kier alpha value is -2.25. The van der Waals surface area contributed by atoms with Crippen LogP contribution in [0.1, 0.15) is 23.1 Å². The van der Waals surface area contributed by atoms with Gasteiger partial charge in [-0.25, -0.2) is 9.78 Å². The first-order valence-corrected chi connectivity index (χ1v) is 7.69. The third-order valence-corrected chi connectivity index (χ3v) is 3.97. The molecule has 21 heavy (non-hydrogen) atoms. The molecular formula is C14H12N2O3S2. The Morgan fingerprint density at radius 1 is 1.24 bits per heavy atom. The zero-order chi connectivity index (χ0) is 15.2. The van der Waals surface area contributed by atoms with E-state index in [2.05, 4.69) is 10.3 Å². The van der Waals surface area contributed by atoms with Gasteiger partial charge in [0.25, 0.3) is 0 Å². The molecule has 0 radical (unpaired) electrons. The van der Waals surface area contributed by atoms with Crippen LogP contribution in [-0.2, 0) is 9.59 Å². The molecule has 0 aliphatic heterocycles. The van der Waals surface area contributed by atoms with Crippen molar-refractivity contribution in [1.82, 2.24) is 4.98 Å². The molecule has 0 spiro atoms. The molecule has 0 saturated heterocycles. The summed E-state index contributed by atoms with van der Waals surface area (Å²) in [7, 11) is 0. The zero-order valence-electron chi connectivity index (χ0n) is 11.1. The molecule has 2 aromatic rings. The molecular weight excluding hydrogens is 308 g/mol. The summed E-state index contributed by atoms with van der Waals surface area (Å²) in [5.41, 5.74) is 1.73. The van der Waals surface area contributed by atoms with E-state index < -0.39 is 5.97 Å². The molecule has 2 heterocycles. The van der Waals surface area contributed by atoms with E-state index in [1.807, 2.05) is 29.0 Å². The zero-order valence-corrected chi connectivity index (χ0v) is 12.7. The first-order valence-electron chi connectivity index (χ1n) is 5.93. The molecule has 1 amide bonds. The molecule has 0 aliphatic rings. The first-order chi connectivity index (χ1) is 10.0. The quantitative estimate of drug-likeness (QED) is 0.827. The number of anilines is 1. The number of aliphatic carboxylic acids is 1. The van der Waals surface area contributed by atoms with Gasteiger partial charge in [-0.2, -0.15) is 0 Å². The molecule has 2 N–H and O–H groups in total. The van der Waals surface area contributed by atoms with Crippen LogP contribution in [0.4, 0.5) is 5.13 Å². The van der Waals surface area contributed by atoms with Crippen molar-refractivity contribution < 1.29 is 14.7 Å². The SMILES string of the molecule is CC(=O)Nc1nc(/C=C/c2csc(/C=C/C(=O)O)c2)cs1. The summed E-state index contributed by atoms with van der Waals surface area (Å²) < 4.78 is 0. The van der Waals surface area contributed by atoms with E-state index in [9.17, 15) is 9.59 Å². The van der Waals surface area contributed by atoms with Crippen LogP contribution >= 0.6 is 22.7 Å². The maximum absolute atomic E-state index is 10.9. The Kier molecular flexibility index (Phi) is 5.02. The van der Waals surface area contributed by atoms with Crippen molar-refractivity contribution in [2.75, 3.05) is 5.32 Å². The average molecular weight is 320 g/mol. The van der Waals surface area contributed by atoms with Crippen LogP contribution in [0.5, 0.6) is 0 Å². The predicted octanol–water partition coefficient (Wildman–Crippen LogP) is 3.43. The summed E-state index contributed by atoms with van der Waals surface area (Å²) >= 11 is 2.83. The number of hydrogen-bond donors (Lipinski definition) is 2. The monoisotopic (exact) mass is 320 g/mol. The number of thiazole rings is 1. The minimum absolute atomic E-state index is 0.146. The van der Waals surface area contributed by atoms with E-state index in [1.165, 1.54) is 29.6 Å². The van der Waals surface area contributed by atoms with Crippen LogP contribution in [0.3, 0.4) is 0 Å². The largest absolute Gasteiger partial charge is 0.478 e. The molecule has 0 unspecified atom stereocenters. The molecule has 108 valence electrons. The van der Waals surface area contributed by atoms with Gasteiger partial charge in [-0.3, -0.25) is 4.79 Å². The summed E-state index contributed by atoms with van der Waals surface area (Å²) in [6, 6.07) is 1.89. The summed E-state index contributed by atoms with van der Waals surface area (Å²) in [6.45, 7) is 1.44. The average Bonchev–Trinajstić information content (AvgIpc) is 3.02. The normalized spacial score (nSPS) is 11.3. The molecule has 0 aromatic carbocycles. The fourth-order valence-corrected chi connectivity index (χ4v) is 2.94. The number of carboxylic acid groups (broad SMARTS) is 1. The number of amides is 1. The minimum Gasteiger partial charge on any atom is -0.478 e. The molecule has 5 nitrogen and oxygen atoms in total. The van der Waals surface area contributed by atoms with Gasteiger partial charge in [0.1, 0.15) is 0 Å². The van der Waals surface area contributed by atoms with Gasteiger partial charge in [0, 0.05) is 23.3 Å². The van der Waals surface area contributed by atoms with E-state index in [0.29, 0.717) is 5.13 Å². The van der Waals surface area contributed by atoms with Gasteiger partial charge in [-0.1, -0.05) is 6.08 Å². The number of hydrogen-bond acceptors (Lipinski definition) is 5. The number of carbonyl (C=O) groups excluding carboxylic acids is 1. The summed E-state index contributed by atoms with van der Waals surface area (Å²) in [5.74, 6) is -1.11. The fraction of sp³-hybridized carbons (Fsp3) is 0.0714. The Balaban J connectivity index is 2.02. The Morgan fingerprint density at radius 2 is 2.05 bits per heavy atom. The second-order valence-corrected chi connectivity index (χ2v) is 5.85. The van der Waals surface area contributed by atoms with Crippen molar-refractivity contribution in [3.63, 3.8) is 0 Å². The standard InChI is InChI=1S/C14H12N2O3S2/c1-9(17)15-14-16-11(8-21-14)3-2-10-6-12(20-7-10)4-5-13(18)19/h2-8H,1H3,(H,18,19)(H,15,16,17)/b3-2+,5-4+. The predicted molar refractivity (Wildman–Crippen MR) is 86.3 cm³/mol. The highest BCUT2D eigenvalue weighted by Gasteiger charge is 2.01. The topological polar surface area (TPSA) is 79.3 Å². The van der Waals surface area contributed by atoms with Crippen molar-refractivity contribution in [3.05, 3.63) is 39.0 Å². The third-order valence-electron chi connectivity index (χ3n) is 2.28. The van der Waals surface area contributed by atoms with Gasteiger partial charge < -0.3 is 10.4 Å². The van der Waals surface area contributed by atoms with E-state index >= 15 is 0 Å². The third kappa shape index (κ3) is 4.97. The number of rotatable bonds is 5. The number of carboxylic acids is 1. The molecule has 7 heteroatoms. The molecule has 2 aromatic heterocycles. The lowest BCUT2D eigenvalue weighted by Crippen LogP contribution is -2.04. The second-order valence-electron chi connectivity index (χ2n) is 4.05. The van der Waals surface area contributed by atoms with Gasteiger partial charge >= 0.3 is 5.97 Å². The lowest BCUT2D eigenvalue weighted by atomic mass is 10.2. The van der Waals surface area contributed by atoms with Gasteiger partial charge in [0.05, 0.1) is 5.69 Å². The van der Waals surface area contributed by atoms with Crippen LogP contribution in [0.2, 0.25) is 0 Å². The number of thiophene rings is 1. The molecule has 0 atom stereocenters. The van der Waals surface area contributed by atoms with Crippen LogP contribution in [-0.4, -0.2) is 22.0 Å². The fourth-order valence-electron chi connectivity index (χ4n) is 1.45. The molecule has 0 fully saturated rings. The summed E-state index contributed by atoms with van der Waals surface area (Å²) in [6.07, 6.45) is 6.40. The summed E-state index contributed by atoms with van der Waals surface area (Å²) in [5, 5.41) is 15.5. The van der Waals surface area contributed by atoms with E-state index in [0.717, 1.165) is 22.2 Å². The van der Waals surface area contributed by atoms with Gasteiger partial charge in [0.15, 0.2) is 5.13 Å². The van der Waals surface area contributed by atoms with E-state index in [4.69, 9.17) is 5.11 Å². The van der Waals surface area contributed by atoms with Crippen LogP contribution in [0, 0.1) is 0 Å². The van der Waals surface area contributed by atoms with Gasteiger partial charge in [-0.15, -0.1) is 22.7 Å². The number of carbonyl (C=O) groups is 2. The number of nitrogens with zero attached hydrogens (tertiary/aromatic N) is 1. The highest BCUT2D eigenvalue weighted by Crippen LogP contribution is 2.20. The molecule has 0 saturated carbocycles. The first kappa shape index (κ1) is 15.1. The van der Waals surface area contributed by atoms with Crippen LogP contribution < -0.4 is 5.32 Å². The lowest BCUT2D eigenvalue weighted by Gasteiger charge is -1.92. The van der Waals surface area contributed by atoms with Gasteiger partial charge in [0.2, 0.25) is 5.91 Å².